The average Bonchev–Trinajstić information content (AvgIpc) is 3.10. The molecule has 2 aromatic heterocycles. The number of ether oxygens (including phenoxy) is 2. The van der Waals surface area contributed by atoms with Crippen LogP contribution in [0.2, 0.25) is 0 Å². The maximum absolute atomic E-state index is 12.5. The van der Waals surface area contributed by atoms with Gasteiger partial charge >= 0.3 is 0 Å². The van der Waals surface area contributed by atoms with Gasteiger partial charge in [0.25, 0.3) is 0 Å². The molecule has 1 N–H and O–H groups in total. The summed E-state index contributed by atoms with van der Waals surface area (Å²) in [6.45, 7) is 2.26. The number of hydrogen-bond acceptors (Lipinski definition) is 7. The number of nitrogens with zero attached hydrogens (tertiary/aromatic N) is 3. The zero-order valence-electron chi connectivity index (χ0n) is 15.8. The molecule has 7 nitrogen and oxygen atoms in total. The summed E-state index contributed by atoms with van der Waals surface area (Å²) < 4.78 is 10.5. The second-order valence-corrected chi connectivity index (χ2v) is 7.10. The Morgan fingerprint density at radius 3 is 2.48 bits per heavy atom. The van der Waals surface area contributed by atoms with E-state index in [0.29, 0.717) is 17.2 Å². The third-order valence-electron chi connectivity index (χ3n) is 4.09. The van der Waals surface area contributed by atoms with E-state index in [1.165, 1.54) is 11.2 Å². The number of thiophene rings is 1. The number of carbonyl (C=O) groups excluding carboxylic acids is 1. The Hall–Kier alpha value is -2.87. The molecule has 0 bridgehead atoms. The van der Waals surface area contributed by atoms with Crippen LogP contribution in [-0.2, 0) is 11.2 Å². The van der Waals surface area contributed by atoms with E-state index in [4.69, 9.17) is 9.47 Å². The fraction of sp³-hybridized carbons (Fsp3) is 0.316. The number of amides is 1. The monoisotopic (exact) mass is 386 g/mol. The van der Waals surface area contributed by atoms with Gasteiger partial charge in [0.2, 0.25) is 5.91 Å². The lowest BCUT2D eigenvalue weighted by Crippen LogP contribution is -2.30. The number of benzene rings is 1. The van der Waals surface area contributed by atoms with Gasteiger partial charge in [-0.2, -0.15) is 0 Å². The summed E-state index contributed by atoms with van der Waals surface area (Å²) in [5.74, 6) is 1.81. The van der Waals surface area contributed by atoms with Crippen molar-refractivity contribution in [2.75, 3.05) is 38.0 Å². The van der Waals surface area contributed by atoms with Crippen LogP contribution < -0.4 is 19.7 Å². The van der Waals surface area contributed by atoms with E-state index in [1.54, 1.807) is 43.8 Å². The summed E-state index contributed by atoms with van der Waals surface area (Å²) in [5, 5.41) is 3.85. The molecule has 0 aliphatic heterocycles. The van der Waals surface area contributed by atoms with Gasteiger partial charge in [-0.15, -0.1) is 11.3 Å². The molecule has 8 heteroatoms. The van der Waals surface area contributed by atoms with Crippen molar-refractivity contribution in [1.29, 1.82) is 0 Å². The molecule has 1 amide bonds. The molecule has 142 valence electrons. The Balaban J connectivity index is 1.75. The predicted molar refractivity (Wildman–Crippen MR) is 108 cm³/mol. The van der Waals surface area contributed by atoms with Gasteiger partial charge in [0.15, 0.2) is 0 Å². The standard InChI is InChI=1S/C19H22N4O3S/c1-5-15-9-16-18(20-11-21-19(16)27-15)23(2)10-17(24)22-12-6-13(25-3)8-14(7-12)26-4/h6-9,11H,5,10H2,1-4H3,(H,22,24). The molecule has 0 saturated heterocycles. The number of carbonyl (C=O) groups is 1. The van der Waals surface area contributed by atoms with Crippen molar-refractivity contribution in [1.82, 2.24) is 9.97 Å². The van der Waals surface area contributed by atoms with Crippen LogP contribution in [0.1, 0.15) is 11.8 Å². The molecule has 0 radical (unpaired) electrons. The summed E-state index contributed by atoms with van der Waals surface area (Å²) in [6.07, 6.45) is 2.48. The summed E-state index contributed by atoms with van der Waals surface area (Å²) in [7, 11) is 4.98. The molecule has 27 heavy (non-hydrogen) atoms. The number of aromatic nitrogens is 2. The lowest BCUT2D eigenvalue weighted by Gasteiger charge is -2.18. The predicted octanol–water partition coefficient (Wildman–Crippen LogP) is 3.35. The van der Waals surface area contributed by atoms with Gasteiger partial charge in [-0.25, -0.2) is 9.97 Å². The Morgan fingerprint density at radius 2 is 1.85 bits per heavy atom. The zero-order chi connectivity index (χ0) is 19.4. The van der Waals surface area contributed by atoms with Crippen molar-refractivity contribution in [2.24, 2.45) is 0 Å². The summed E-state index contributed by atoms with van der Waals surface area (Å²) in [5.41, 5.74) is 0.612. The molecular formula is C19H22N4O3S. The summed E-state index contributed by atoms with van der Waals surface area (Å²) in [4.78, 5) is 25.2. The zero-order valence-corrected chi connectivity index (χ0v) is 16.6. The lowest BCUT2D eigenvalue weighted by atomic mass is 10.2. The number of rotatable bonds is 7. The highest BCUT2D eigenvalue weighted by Gasteiger charge is 2.15. The van der Waals surface area contributed by atoms with Crippen LogP contribution in [0.5, 0.6) is 11.5 Å². The van der Waals surface area contributed by atoms with Crippen LogP contribution >= 0.6 is 11.3 Å². The fourth-order valence-electron chi connectivity index (χ4n) is 2.74. The number of hydrogen-bond donors (Lipinski definition) is 1. The highest BCUT2D eigenvalue weighted by atomic mass is 32.1. The molecule has 3 rings (SSSR count). The molecule has 0 spiro atoms. The molecular weight excluding hydrogens is 364 g/mol. The van der Waals surface area contributed by atoms with Gasteiger partial charge in [-0.1, -0.05) is 6.92 Å². The molecule has 0 atom stereocenters. The largest absolute Gasteiger partial charge is 0.497 e. The van der Waals surface area contributed by atoms with Crippen molar-refractivity contribution in [3.05, 3.63) is 35.5 Å². The van der Waals surface area contributed by atoms with E-state index in [-0.39, 0.29) is 12.5 Å². The second kappa shape index (κ2) is 8.22. The lowest BCUT2D eigenvalue weighted by molar-refractivity contribution is -0.114. The molecule has 0 saturated carbocycles. The Labute approximate surface area is 162 Å². The average molecular weight is 386 g/mol. The number of likely N-dealkylation sites (N-methyl/N-ethyl adjacent to an activating group) is 1. The normalized spacial score (nSPS) is 10.7. The van der Waals surface area contributed by atoms with Crippen molar-refractivity contribution in [2.45, 2.75) is 13.3 Å². The third kappa shape index (κ3) is 4.28. The maximum Gasteiger partial charge on any atom is 0.243 e. The molecule has 1 aromatic carbocycles. The molecule has 0 aliphatic rings. The van der Waals surface area contributed by atoms with Crippen LogP contribution in [-0.4, -0.2) is 43.7 Å². The smallest absolute Gasteiger partial charge is 0.243 e. The minimum atomic E-state index is -0.162. The number of nitrogens with one attached hydrogen (secondary N) is 1. The molecule has 3 aromatic rings. The molecule has 2 heterocycles. The van der Waals surface area contributed by atoms with Crippen molar-refractivity contribution >= 4 is 39.0 Å². The van der Waals surface area contributed by atoms with Crippen molar-refractivity contribution in [3.8, 4) is 11.5 Å². The first kappa shape index (κ1) is 18.9. The van der Waals surface area contributed by atoms with Crippen LogP contribution in [0.3, 0.4) is 0 Å². The van der Waals surface area contributed by atoms with Gasteiger partial charge in [0, 0.05) is 35.8 Å². The number of aryl methyl sites for hydroxylation is 1. The first-order valence-corrected chi connectivity index (χ1v) is 9.33. The van der Waals surface area contributed by atoms with E-state index in [1.807, 2.05) is 11.9 Å². The minimum absolute atomic E-state index is 0.156. The highest BCUT2D eigenvalue weighted by Crippen LogP contribution is 2.30. The van der Waals surface area contributed by atoms with Crippen LogP contribution in [0, 0.1) is 0 Å². The van der Waals surface area contributed by atoms with Crippen LogP contribution in [0.25, 0.3) is 10.2 Å². The molecule has 0 unspecified atom stereocenters. The first-order valence-electron chi connectivity index (χ1n) is 8.51. The Morgan fingerprint density at radius 1 is 1.15 bits per heavy atom. The van der Waals surface area contributed by atoms with Crippen LogP contribution in [0.15, 0.2) is 30.6 Å². The van der Waals surface area contributed by atoms with E-state index in [0.717, 1.165) is 22.5 Å². The second-order valence-electron chi connectivity index (χ2n) is 5.99. The first-order chi connectivity index (χ1) is 13.0. The van der Waals surface area contributed by atoms with E-state index in [2.05, 4.69) is 28.3 Å². The van der Waals surface area contributed by atoms with E-state index < -0.39 is 0 Å². The van der Waals surface area contributed by atoms with Crippen LogP contribution in [0.4, 0.5) is 11.5 Å². The van der Waals surface area contributed by atoms with Gasteiger partial charge < -0.3 is 19.7 Å². The summed E-state index contributed by atoms with van der Waals surface area (Å²) in [6, 6.07) is 7.34. The highest BCUT2D eigenvalue weighted by molar-refractivity contribution is 7.18. The van der Waals surface area contributed by atoms with Gasteiger partial charge in [0.05, 0.1) is 26.2 Å². The quantitative estimate of drug-likeness (QED) is 0.671. The summed E-state index contributed by atoms with van der Waals surface area (Å²) >= 11 is 1.65. The SMILES string of the molecule is CCc1cc2c(N(C)CC(=O)Nc3cc(OC)cc(OC)c3)ncnc2s1. The van der Waals surface area contributed by atoms with Crippen molar-refractivity contribution < 1.29 is 14.3 Å². The van der Waals surface area contributed by atoms with E-state index >= 15 is 0 Å². The molecule has 0 fully saturated rings. The minimum Gasteiger partial charge on any atom is -0.497 e. The number of anilines is 2. The third-order valence-corrected chi connectivity index (χ3v) is 5.27. The topological polar surface area (TPSA) is 76.6 Å². The van der Waals surface area contributed by atoms with Crippen molar-refractivity contribution in [3.63, 3.8) is 0 Å². The van der Waals surface area contributed by atoms with E-state index in [9.17, 15) is 4.79 Å². The Bertz CT molecular complexity index is 935. The fourth-order valence-corrected chi connectivity index (χ4v) is 3.67. The number of fused-ring (bicyclic) bond motifs is 1. The van der Waals surface area contributed by atoms with Gasteiger partial charge in [-0.3, -0.25) is 4.79 Å². The van der Waals surface area contributed by atoms with Gasteiger partial charge in [0.1, 0.15) is 28.5 Å². The maximum atomic E-state index is 12.5. The Kier molecular flexibility index (Phi) is 5.75. The molecule has 0 aliphatic carbocycles. The number of methoxy groups -OCH3 is 2. The van der Waals surface area contributed by atoms with Gasteiger partial charge in [-0.05, 0) is 12.5 Å².